The van der Waals surface area contributed by atoms with Crippen LogP contribution in [-0.4, -0.2) is 16.2 Å². The lowest BCUT2D eigenvalue weighted by atomic mass is 10.4. The summed E-state index contributed by atoms with van der Waals surface area (Å²) in [5, 5.41) is 18.6. The molecule has 0 atom stereocenters. The molecule has 1 aromatic heterocycles. The number of aromatic carboxylic acids is 1. The highest BCUT2D eigenvalue weighted by molar-refractivity contribution is 7.12. The maximum absolute atomic E-state index is 10.1. The minimum atomic E-state index is -1.08. The molecular formula is C5H4O3S. The Kier molecular flexibility index (Phi) is 1.40. The molecular weight excluding hydrogens is 140 g/mol. The first-order chi connectivity index (χ1) is 4.22. The van der Waals surface area contributed by atoms with Gasteiger partial charge in [-0.3, -0.25) is 0 Å². The predicted molar refractivity (Wildman–Crippen MR) is 32.9 cm³/mol. The lowest BCUT2D eigenvalue weighted by molar-refractivity contribution is 0.0699. The fourth-order valence-electron chi connectivity index (χ4n) is 0.463. The molecule has 1 heterocycles. The van der Waals surface area contributed by atoms with Crippen LogP contribution in [0, 0.1) is 0 Å². The molecule has 0 bridgehead atoms. The molecule has 9 heavy (non-hydrogen) atoms. The average molecular weight is 144 g/mol. The summed E-state index contributed by atoms with van der Waals surface area (Å²) >= 11 is 1.01. The number of hydrogen-bond acceptors (Lipinski definition) is 3. The number of hydrogen-bond donors (Lipinski definition) is 2. The van der Waals surface area contributed by atoms with Gasteiger partial charge in [-0.05, 0) is 11.4 Å². The Hall–Kier alpha value is -1.03. The van der Waals surface area contributed by atoms with E-state index < -0.39 is 5.97 Å². The monoisotopic (exact) mass is 144 g/mol. The zero-order valence-corrected chi connectivity index (χ0v) is 5.18. The van der Waals surface area contributed by atoms with E-state index in [-0.39, 0.29) is 10.6 Å². The van der Waals surface area contributed by atoms with E-state index in [1.807, 2.05) is 0 Å². The Labute approximate surface area is 55.2 Å². The third kappa shape index (κ3) is 1.02. The molecule has 1 rings (SSSR count). The van der Waals surface area contributed by atoms with E-state index in [1.165, 1.54) is 11.4 Å². The van der Waals surface area contributed by atoms with Gasteiger partial charge in [0.2, 0.25) is 0 Å². The molecule has 0 aliphatic carbocycles. The summed E-state index contributed by atoms with van der Waals surface area (Å²) in [5.41, 5.74) is 0. The minimum Gasteiger partial charge on any atom is -0.506 e. The largest absolute Gasteiger partial charge is 0.506 e. The molecule has 3 nitrogen and oxygen atoms in total. The molecule has 0 saturated carbocycles. The third-order valence-corrected chi connectivity index (χ3v) is 1.73. The van der Waals surface area contributed by atoms with Crippen LogP contribution in [0.5, 0.6) is 5.75 Å². The Morgan fingerprint density at radius 3 is 2.56 bits per heavy atom. The van der Waals surface area contributed by atoms with E-state index in [0.717, 1.165) is 11.3 Å². The van der Waals surface area contributed by atoms with Crippen LogP contribution in [0.1, 0.15) is 9.67 Å². The van der Waals surface area contributed by atoms with E-state index in [0.29, 0.717) is 0 Å². The van der Waals surface area contributed by atoms with Crippen LogP contribution in [-0.2, 0) is 0 Å². The first kappa shape index (κ1) is 6.10. The Balaban J connectivity index is 3.08. The topological polar surface area (TPSA) is 57.5 Å². The number of aromatic hydroxyl groups is 1. The third-order valence-electron chi connectivity index (χ3n) is 0.839. The van der Waals surface area contributed by atoms with Gasteiger partial charge in [0.05, 0.1) is 0 Å². The number of thiophene rings is 1. The second kappa shape index (κ2) is 2.06. The van der Waals surface area contributed by atoms with Crippen molar-refractivity contribution in [2.24, 2.45) is 0 Å². The second-order valence-electron chi connectivity index (χ2n) is 1.44. The van der Waals surface area contributed by atoms with Gasteiger partial charge < -0.3 is 10.2 Å². The molecule has 0 amide bonds. The fourth-order valence-corrected chi connectivity index (χ4v) is 1.09. The average Bonchev–Trinajstić information content (AvgIpc) is 2.13. The van der Waals surface area contributed by atoms with Crippen LogP contribution in [0.3, 0.4) is 0 Å². The van der Waals surface area contributed by atoms with Crippen molar-refractivity contribution in [3.63, 3.8) is 0 Å². The maximum atomic E-state index is 10.1. The highest BCUT2D eigenvalue weighted by Gasteiger charge is 2.08. The molecule has 0 aliphatic rings. The lowest BCUT2D eigenvalue weighted by Gasteiger charge is -1.85. The number of carboxylic acids is 1. The highest BCUT2D eigenvalue weighted by Crippen LogP contribution is 2.22. The molecule has 48 valence electrons. The summed E-state index contributed by atoms with van der Waals surface area (Å²) in [5.74, 6) is -1.24. The number of carbonyl (C=O) groups is 1. The second-order valence-corrected chi connectivity index (χ2v) is 2.36. The van der Waals surface area contributed by atoms with Crippen molar-refractivity contribution >= 4 is 17.3 Å². The molecule has 0 aliphatic heterocycles. The smallest absolute Gasteiger partial charge is 0.349 e. The summed E-state index contributed by atoms with van der Waals surface area (Å²) in [6.07, 6.45) is 0. The van der Waals surface area contributed by atoms with Crippen LogP contribution in [0.25, 0.3) is 0 Å². The lowest BCUT2D eigenvalue weighted by Crippen LogP contribution is -1.90. The van der Waals surface area contributed by atoms with Crippen molar-refractivity contribution in [2.75, 3.05) is 0 Å². The summed E-state index contributed by atoms with van der Waals surface area (Å²) < 4.78 is 0. The number of carboxylic acid groups (broad SMARTS) is 1. The van der Waals surface area contributed by atoms with Crippen LogP contribution in [0.4, 0.5) is 0 Å². The maximum Gasteiger partial charge on any atom is 0.349 e. The van der Waals surface area contributed by atoms with Crippen LogP contribution >= 0.6 is 11.3 Å². The SMILES string of the molecule is O=C(O)c1sccc1O. The van der Waals surface area contributed by atoms with Crippen LogP contribution < -0.4 is 0 Å². The van der Waals surface area contributed by atoms with Gasteiger partial charge in [-0.15, -0.1) is 11.3 Å². The normalized spacial score (nSPS) is 9.33. The fraction of sp³-hybridized carbons (Fsp3) is 0. The van der Waals surface area contributed by atoms with Gasteiger partial charge in [-0.25, -0.2) is 4.79 Å². The van der Waals surface area contributed by atoms with Crippen molar-refractivity contribution in [3.8, 4) is 5.75 Å². The van der Waals surface area contributed by atoms with Gasteiger partial charge in [0.1, 0.15) is 5.75 Å². The van der Waals surface area contributed by atoms with E-state index in [1.54, 1.807) is 0 Å². The number of rotatable bonds is 1. The summed E-state index contributed by atoms with van der Waals surface area (Å²) in [7, 11) is 0. The van der Waals surface area contributed by atoms with Crippen molar-refractivity contribution in [3.05, 3.63) is 16.3 Å². The molecule has 0 fully saturated rings. The van der Waals surface area contributed by atoms with Gasteiger partial charge in [0.25, 0.3) is 0 Å². The molecule has 0 saturated heterocycles. The van der Waals surface area contributed by atoms with Crippen LogP contribution in [0.15, 0.2) is 11.4 Å². The van der Waals surface area contributed by atoms with E-state index in [2.05, 4.69) is 0 Å². The van der Waals surface area contributed by atoms with Crippen molar-refractivity contribution in [1.82, 2.24) is 0 Å². The molecule has 0 radical (unpaired) electrons. The van der Waals surface area contributed by atoms with E-state index in [4.69, 9.17) is 10.2 Å². The zero-order valence-electron chi connectivity index (χ0n) is 4.37. The van der Waals surface area contributed by atoms with Crippen LogP contribution in [0.2, 0.25) is 0 Å². The van der Waals surface area contributed by atoms with E-state index >= 15 is 0 Å². The predicted octanol–water partition coefficient (Wildman–Crippen LogP) is 1.15. The summed E-state index contributed by atoms with van der Waals surface area (Å²) in [6, 6.07) is 1.36. The first-order valence-corrected chi connectivity index (χ1v) is 3.09. The Morgan fingerprint density at radius 2 is 2.33 bits per heavy atom. The highest BCUT2D eigenvalue weighted by atomic mass is 32.1. The van der Waals surface area contributed by atoms with Gasteiger partial charge in [0.15, 0.2) is 4.88 Å². The van der Waals surface area contributed by atoms with Crippen molar-refractivity contribution < 1.29 is 15.0 Å². The van der Waals surface area contributed by atoms with Gasteiger partial charge in [-0.1, -0.05) is 0 Å². The van der Waals surface area contributed by atoms with Gasteiger partial charge in [0, 0.05) is 0 Å². The standard InChI is InChI=1S/C5H4O3S/c6-3-1-2-9-4(3)5(7)8/h1-2,6H,(H,7,8). The van der Waals surface area contributed by atoms with Crippen molar-refractivity contribution in [2.45, 2.75) is 0 Å². The minimum absolute atomic E-state index is 0.00463. The van der Waals surface area contributed by atoms with E-state index in [9.17, 15) is 4.79 Å². The van der Waals surface area contributed by atoms with Gasteiger partial charge in [-0.2, -0.15) is 0 Å². The summed E-state index contributed by atoms with van der Waals surface area (Å²) in [4.78, 5) is 10.1. The molecule has 4 heteroatoms. The van der Waals surface area contributed by atoms with Crippen molar-refractivity contribution in [1.29, 1.82) is 0 Å². The molecule has 0 unspecified atom stereocenters. The Morgan fingerprint density at radius 1 is 1.67 bits per heavy atom. The zero-order chi connectivity index (χ0) is 6.85. The quantitative estimate of drug-likeness (QED) is 0.621. The molecule has 2 N–H and O–H groups in total. The molecule has 0 spiro atoms. The Bertz CT molecular complexity index is 228. The van der Waals surface area contributed by atoms with Gasteiger partial charge >= 0.3 is 5.97 Å². The molecule has 1 aromatic rings. The summed E-state index contributed by atoms with van der Waals surface area (Å²) in [6.45, 7) is 0. The first-order valence-electron chi connectivity index (χ1n) is 2.21. The molecule has 0 aromatic carbocycles.